The first-order valence-corrected chi connectivity index (χ1v) is 11.7. The Morgan fingerprint density at radius 3 is 2.12 bits per heavy atom. The first-order valence-electron chi connectivity index (χ1n) is 10.2. The van der Waals surface area contributed by atoms with E-state index in [1.165, 1.54) is 19.1 Å². The number of hydrogen-bond acceptors (Lipinski definition) is 12. The van der Waals surface area contributed by atoms with Gasteiger partial charge in [0.05, 0.1) is 11.4 Å². The lowest BCUT2D eigenvalue weighted by atomic mass is 10.1. The van der Waals surface area contributed by atoms with Gasteiger partial charge in [-0.15, -0.1) is 0 Å². The summed E-state index contributed by atoms with van der Waals surface area (Å²) in [6.07, 6.45) is -4.25. The second-order valence-electron chi connectivity index (χ2n) is 7.62. The van der Waals surface area contributed by atoms with Gasteiger partial charge in [-0.3, -0.25) is 14.4 Å². The lowest BCUT2D eigenvalue weighted by Crippen LogP contribution is -2.42. The molecule has 184 valence electrons. The van der Waals surface area contributed by atoms with E-state index in [0.717, 1.165) is 24.1 Å². The van der Waals surface area contributed by atoms with Gasteiger partial charge in [0.15, 0.2) is 12.2 Å². The van der Waals surface area contributed by atoms with Gasteiger partial charge in [0.25, 0.3) is 5.16 Å². The first kappa shape index (κ1) is 25.2. The standard InChI is InChI=1S/C20H24N4O9S/c1-11-5-7-15(8-6-11)34(28,29)20-21-22-23-24(20)9-16-18(31-13(3)26)19(32-14(4)27)17(33-16)10-30-12(2)25/h5-8,16-19H,9-10H2,1-4H3/t16-,17-,18+,19-/m1/s1. The normalized spacial score (nSPS) is 22.2. The Morgan fingerprint density at radius 1 is 0.971 bits per heavy atom. The molecule has 0 spiro atoms. The van der Waals surface area contributed by atoms with Crippen molar-refractivity contribution < 1.29 is 41.7 Å². The van der Waals surface area contributed by atoms with Crippen LogP contribution in [0.5, 0.6) is 0 Å². The summed E-state index contributed by atoms with van der Waals surface area (Å²) in [6, 6.07) is 6.15. The molecule has 0 unspecified atom stereocenters. The summed E-state index contributed by atoms with van der Waals surface area (Å²) < 4.78 is 48.6. The van der Waals surface area contributed by atoms with Crippen molar-refractivity contribution in [1.29, 1.82) is 0 Å². The zero-order valence-electron chi connectivity index (χ0n) is 18.9. The van der Waals surface area contributed by atoms with Crippen LogP contribution in [0.1, 0.15) is 26.3 Å². The van der Waals surface area contributed by atoms with E-state index in [1.54, 1.807) is 12.1 Å². The van der Waals surface area contributed by atoms with Crippen LogP contribution in [-0.2, 0) is 49.7 Å². The molecule has 1 aliphatic rings. The van der Waals surface area contributed by atoms with Gasteiger partial charge >= 0.3 is 17.9 Å². The monoisotopic (exact) mass is 496 g/mol. The Kier molecular flexibility index (Phi) is 7.61. The van der Waals surface area contributed by atoms with Crippen molar-refractivity contribution in [2.45, 2.75) is 68.7 Å². The predicted octanol–water partition coefficient (Wildman–Crippen LogP) is 0.00822. The Labute approximate surface area is 195 Å². The maximum Gasteiger partial charge on any atom is 0.303 e. The summed E-state index contributed by atoms with van der Waals surface area (Å²) in [5, 5.41) is 10.4. The van der Waals surface area contributed by atoms with Crippen molar-refractivity contribution in [3.05, 3.63) is 29.8 Å². The highest BCUT2D eigenvalue weighted by Gasteiger charge is 2.50. The van der Waals surface area contributed by atoms with Crippen molar-refractivity contribution in [3.63, 3.8) is 0 Å². The predicted molar refractivity (Wildman–Crippen MR) is 111 cm³/mol. The molecule has 0 saturated carbocycles. The third-order valence-corrected chi connectivity index (χ3v) is 6.55. The molecule has 2 heterocycles. The topological polar surface area (TPSA) is 166 Å². The SMILES string of the molecule is CC(=O)OC[C@H]1O[C@H](Cn2nnnc2S(=O)(=O)c2ccc(C)cc2)[C@H](OC(C)=O)[C@@H]1OC(C)=O. The number of hydrogen-bond donors (Lipinski definition) is 0. The number of nitrogens with zero attached hydrogens (tertiary/aromatic N) is 4. The average molecular weight is 496 g/mol. The second kappa shape index (κ2) is 10.3. The summed E-state index contributed by atoms with van der Waals surface area (Å²) in [6.45, 7) is 4.78. The molecule has 0 bridgehead atoms. The minimum Gasteiger partial charge on any atom is -0.463 e. The van der Waals surface area contributed by atoms with E-state index >= 15 is 0 Å². The zero-order chi connectivity index (χ0) is 25.0. The number of aryl methyl sites for hydroxylation is 1. The minimum absolute atomic E-state index is 0.0106. The van der Waals surface area contributed by atoms with Crippen molar-refractivity contribution in [3.8, 4) is 0 Å². The molecule has 14 heteroatoms. The van der Waals surface area contributed by atoms with Crippen LogP contribution in [0.4, 0.5) is 0 Å². The molecule has 0 radical (unpaired) electrons. The molecule has 1 aromatic heterocycles. The molecule has 0 aliphatic carbocycles. The molecule has 13 nitrogen and oxygen atoms in total. The summed E-state index contributed by atoms with van der Waals surface area (Å²) in [5.74, 6) is -1.96. The van der Waals surface area contributed by atoms with Gasteiger partial charge in [0.2, 0.25) is 9.84 Å². The maximum atomic E-state index is 13.1. The first-order chi connectivity index (χ1) is 16.0. The summed E-state index contributed by atoms with van der Waals surface area (Å²) in [7, 11) is -4.08. The van der Waals surface area contributed by atoms with Crippen molar-refractivity contribution >= 4 is 27.7 Å². The number of tetrazole rings is 1. The van der Waals surface area contributed by atoms with Gasteiger partial charge in [0.1, 0.15) is 18.8 Å². The Bertz CT molecular complexity index is 1160. The molecule has 1 aliphatic heterocycles. The number of carbonyl (C=O) groups is 3. The summed E-state index contributed by atoms with van der Waals surface area (Å²) >= 11 is 0. The van der Waals surface area contributed by atoms with Crippen LogP contribution in [0.3, 0.4) is 0 Å². The van der Waals surface area contributed by atoms with E-state index in [-0.39, 0.29) is 18.0 Å². The van der Waals surface area contributed by atoms with Gasteiger partial charge in [-0.1, -0.05) is 22.8 Å². The molecule has 4 atom stereocenters. The van der Waals surface area contributed by atoms with Crippen LogP contribution in [0.2, 0.25) is 0 Å². The molecule has 3 rings (SSSR count). The van der Waals surface area contributed by atoms with Crippen LogP contribution in [0.15, 0.2) is 34.3 Å². The van der Waals surface area contributed by atoms with Crippen LogP contribution in [0.25, 0.3) is 0 Å². The highest BCUT2D eigenvalue weighted by molar-refractivity contribution is 7.91. The molecule has 0 amide bonds. The number of esters is 3. The van der Waals surface area contributed by atoms with Gasteiger partial charge in [-0.2, -0.15) is 0 Å². The third-order valence-electron chi connectivity index (χ3n) is 4.88. The fraction of sp³-hybridized carbons (Fsp3) is 0.500. The van der Waals surface area contributed by atoms with Gasteiger partial charge in [-0.25, -0.2) is 13.1 Å². The highest BCUT2D eigenvalue weighted by atomic mass is 32.2. The summed E-state index contributed by atoms with van der Waals surface area (Å²) in [5.41, 5.74) is 0.873. The molecule has 0 N–H and O–H groups in total. The van der Waals surface area contributed by atoms with Crippen molar-refractivity contribution in [2.75, 3.05) is 6.61 Å². The number of carbonyl (C=O) groups excluding carboxylic acids is 3. The number of sulfone groups is 1. The zero-order valence-corrected chi connectivity index (χ0v) is 19.7. The lowest BCUT2D eigenvalue weighted by molar-refractivity contribution is -0.165. The fourth-order valence-corrected chi connectivity index (χ4v) is 4.69. The largest absolute Gasteiger partial charge is 0.463 e. The Hall–Kier alpha value is -3.39. The summed E-state index contributed by atoms with van der Waals surface area (Å²) in [4.78, 5) is 34.7. The minimum atomic E-state index is -4.08. The van der Waals surface area contributed by atoms with Gasteiger partial charge in [-0.05, 0) is 29.5 Å². The number of ether oxygens (including phenoxy) is 4. The van der Waals surface area contributed by atoms with E-state index < -0.39 is 57.3 Å². The van der Waals surface area contributed by atoms with Crippen LogP contribution in [-0.4, -0.2) is 77.6 Å². The van der Waals surface area contributed by atoms with Crippen molar-refractivity contribution in [1.82, 2.24) is 20.2 Å². The number of rotatable bonds is 8. The van der Waals surface area contributed by atoms with E-state index in [9.17, 15) is 22.8 Å². The molecule has 1 fully saturated rings. The Morgan fingerprint density at radius 2 is 1.56 bits per heavy atom. The third kappa shape index (κ3) is 5.75. The molecular weight excluding hydrogens is 472 g/mol. The second-order valence-corrected chi connectivity index (χ2v) is 9.47. The van der Waals surface area contributed by atoms with E-state index in [1.807, 2.05) is 6.92 Å². The highest BCUT2D eigenvalue weighted by Crippen LogP contribution is 2.29. The van der Waals surface area contributed by atoms with E-state index in [4.69, 9.17) is 18.9 Å². The fourth-order valence-electron chi connectivity index (χ4n) is 3.45. The molecule has 2 aromatic rings. The number of benzene rings is 1. The van der Waals surface area contributed by atoms with Crippen LogP contribution >= 0.6 is 0 Å². The van der Waals surface area contributed by atoms with E-state index in [2.05, 4.69) is 15.5 Å². The average Bonchev–Trinajstić information content (AvgIpc) is 3.33. The van der Waals surface area contributed by atoms with Gasteiger partial charge in [0, 0.05) is 20.8 Å². The molecule has 1 aromatic carbocycles. The maximum absolute atomic E-state index is 13.1. The number of aromatic nitrogens is 4. The van der Waals surface area contributed by atoms with Crippen molar-refractivity contribution in [2.24, 2.45) is 0 Å². The smallest absolute Gasteiger partial charge is 0.303 e. The molecular formula is C20H24N4O9S. The molecule has 1 saturated heterocycles. The van der Waals surface area contributed by atoms with Crippen LogP contribution in [0, 0.1) is 6.92 Å². The lowest BCUT2D eigenvalue weighted by Gasteiger charge is -2.23. The van der Waals surface area contributed by atoms with E-state index in [0.29, 0.717) is 0 Å². The van der Waals surface area contributed by atoms with Gasteiger partial charge < -0.3 is 18.9 Å². The van der Waals surface area contributed by atoms with Crippen LogP contribution < -0.4 is 0 Å². The molecule has 34 heavy (non-hydrogen) atoms. The quantitative estimate of drug-likeness (QED) is 0.355. The Balaban J connectivity index is 1.92.